The molecular formula is C23H21F3N7OP. The number of halogens is 3. The number of hydrogen-bond donors (Lipinski definition) is 2. The largest absolute Gasteiger partial charge is 0.324 e. The van der Waals surface area contributed by atoms with Crippen LogP contribution < -0.4 is 10.6 Å². The van der Waals surface area contributed by atoms with Crippen LogP contribution in [0.5, 0.6) is 0 Å². The summed E-state index contributed by atoms with van der Waals surface area (Å²) in [7, 11) is 3.23. The summed E-state index contributed by atoms with van der Waals surface area (Å²) in [6.45, 7) is 1.45. The van der Waals surface area contributed by atoms with Crippen molar-refractivity contribution in [2.75, 3.05) is 10.6 Å². The molecule has 35 heavy (non-hydrogen) atoms. The first-order valence-electron chi connectivity index (χ1n) is 10.4. The monoisotopic (exact) mass is 499 g/mol. The van der Waals surface area contributed by atoms with Gasteiger partial charge < -0.3 is 10.6 Å². The Kier molecular flexibility index (Phi) is 6.79. The number of nitrogens with one attached hydrogen (secondary N) is 2. The minimum absolute atomic E-state index is 0.104. The topological polar surface area (TPSA) is 97.6 Å². The van der Waals surface area contributed by atoms with Crippen molar-refractivity contribution < 1.29 is 18.0 Å². The van der Waals surface area contributed by atoms with Gasteiger partial charge in [0.05, 0.1) is 30.2 Å². The van der Waals surface area contributed by atoms with Crippen molar-refractivity contribution >= 4 is 32.5 Å². The van der Waals surface area contributed by atoms with Crippen LogP contribution in [0.25, 0.3) is 11.1 Å². The Morgan fingerprint density at radius 3 is 2.43 bits per heavy atom. The van der Waals surface area contributed by atoms with Gasteiger partial charge in [0.25, 0.3) is 5.66 Å². The summed E-state index contributed by atoms with van der Waals surface area (Å²) in [5.74, 6) is -0.785. The zero-order valence-corrected chi connectivity index (χ0v) is 19.9. The summed E-state index contributed by atoms with van der Waals surface area (Å²) < 4.78 is 43.7. The van der Waals surface area contributed by atoms with Crippen molar-refractivity contribution in [1.29, 1.82) is 0 Å². The maximum absolute atomic E-state index is 14.7. The quantitative estimate of drug-likeness (QED) is 0.362. The maximum Gasteiger partial charge on any atom is 0.285 e. The van der Waals surface area contributed by atoms with Crippen LogP contribution in [0.4, 0.5) is 30.5 Å². The highest BCUT2D eigenvalue weighted by Gasteiger charge is 2.27. The van der Waals surface area contributed by atoms with E-state index in [9.17, 15) is 18.0 Å². The van der Waals surface area contributed by atoms with E-state index < -0.39 is 17.4 Å². The summed E-state index contributed by atoms with van der Waals surface area (Å²) >= 11 is 0. The van der Waals surface area contributed by atoms with Crippen molar-refractivity contribution in [2.45, 2.75) is 19.0 Å². The number of amides is 1. The third-order valence-electron chi connectivity index (χ3n) is 5.08. The number of carbonyl (C=O) groups is 1. The van der Waals surface area contributed by atoms with Gasteiger partial charge in [0.2, 0.25) is 11.9 Å². The Hall–Kier alpha value is -3.85. The number of nitrogens with zero attached hydrogens (tertiary/aromatic N) is 5. The summed E-state index contributed by atoms with van der Waals surface area (Å²) in [6, 6.07) is 5.58. The second-order valence-electron chi connectivity index (χ2n) is 7.83. The fourth-order valence-corrected chi connectivity index (χ4v) is 3.64. The third-order valence-corrected chi connectivity index (χ3v) is 5.39. The fraction of sp³-hybridized carbons (Fsp3) is 0.174. The minimum Gasteiger partial charge on any atom is -0.324 e. The summed E-state index contributed by atoms with van der Waals surface area (Å²) in [6.07, 6.45) is 7.51. The van der Waals surface area contributed by atoms with E-state index in [0.29, 0.717) is 17.1 Å². The van der Waals surface area contributed by atoms with Crippen LogP contribution in [0, 0.1) is 12.7 Å². The molecule has 0 bridgehead atoms. The summed E-state index contributed by atoms with van der Waals surface area (Å²) in [5, 5.41) is 9.55. The molecule has 1 atom stereocenters. The van der Waals surface area contributed by atoms with E-state index in [4.69, 9.17) is 0 Å². The lowest BCUT2D eigenvalue weighted by molar-refractivity contribution is -0.115. The van der Waals surface area contributed by atoms with Gasteiger partial charge in [-0.05, 0) is 30.2 Å². The Morgan fingerprint density at radius 2 is 1.80 bits per heavy atom. The number of pyridine rings is 1. The van der Waals surface area contributed by atoms with Crippen molar-refractivity contribution in [3.63, 3.8) is 0 Å². The lowest BCUT2D eigenvalue weighted by atomic mass is 10.0. The van der Waals surface area contributed by atoms with Crippen LogP contribution in [0.2, 0.25) is 0 Å². The highest BCUT2D eigenvalue weighted by atomic mass is 31.0. The van der Waals surface area contributed by atoms with Gasteiger partial charge in [0.15, 0.2) is 0 Å². The zero-order chi connectivity index (χ0) is 25.2. The van der Waals surface area contributed by atoms with Crippen molar-refractivity contribution in [2.24, 2.45) is 7.05 Å². The van der Waals surface area contributed by atoms with Gasteiger partial charge in [-0.15, -0.1) is 0 Å². The molecule has 1 unspecified atom stereocenters. The summed E-state index contributed by atoms with van der Waals surface area (Å²) in [4.78, 5) is 24.8. The molecule has 0 aliphatic carbocycles. The van der Waals surface area contributed by atoms with Crippen LogP contribution in [-0.4, -0.2) is 30.6 Å². The van der Waals surface area contributed by atoms with E-state index in [2.05, 4.69) is 30.7 Å². The van der Waals surface area contributed by atoms with Gasteiger partial charge in [-0.25, -0.2) is 14.4 Å². The molecule has 12 heteroatoms. The first kappa shape index (κ1) is 24.3. The van der Waals surface area contributed by atoms with Gasteiger partial charge in [-0.3, -0.25) is 14.5 Å². The molecule has 2 N–H and O–H groups in total. The Morgan fingerprint density at radius 1 is 1.06 bits per heavy atom. The average Bonchev–Trinajstić information content (AvgIpc) is 3.20. The molecule has 8 nitrogen and oxygen atoms in total. The Labute approximate surface area is 201 Å². The van der Waals surface area contributed by atoms with E-state index >= 15 is 0 Å². The lowest BCUT2D eigenvalue weighted by Crippen LogP contribution is -2.16. The molecule has 0 saturated carbocycles. The van der Waals surface area contributed by atoms with Crippen LogP contribution in [-0.2, 0) is 23.9 Å². The normalized spacial score (nSPS) is 11.4. The Balaban J connectivity index is 1.42. The maximum atomic E-state index is 14.7. The van der Waals surface area contributed by atoms with Gasteiger partial charge in [0.1, 0.15) is 5.82 Å². The molecule has 0 saturated heterocycles. The summed E-state index contributed by atoms with van der Waals surface area (Å²) in [5.41, 5.74) is -1.24. The van der Waals surface area contributed by atoms with Crippen LogP contribution in [0.15, 0.2) is 55.2 Å². The molecule has 0 fully saturated rings. The number of anilines is 3. The van der Waals surface area contributed by atoms with Gasteiger partial charge in [-0.2, -0.15) is 13.9 Å². The lowest BCUT2D eigenvalue weighted by Gasteiger charge is -2.15. The molecule has 0 spiro atoms. The molecule has 3 heterocycles. The molecule has 0 aliphatic rings. The van der Waals surface area contributed by atoms with Crippen LogP contribution in [0.1, 0.15) is 16.8 Å². The van der Waals surface area contributed by atoms with Crippen molar-refractivity contribution in [3.8, 4) is 11.1 Å². The van der Waals surface area contributed by atoms with E-state index in [-0.39, 0.29) is 28.9 Å². The second kappa shape index (κ2) is 9.79. The predicted octanol–water partition coefficient (Wildman–Crippen LogP) is 4.57. The molecule has 3 aromatic heterocycles. The molecular weight excluding hydrogens is 478 g/mol. The molecule has 0 radical (unpaired) electrons. The SMILES string of the molecule is Cc1ncc(NC(=O)Cc2ccc(-c3cnc(Nc4cnn(C)c4)nc3)cc2F)cc1C(F)(F)P. The minimum atomic E-state index is -3.18. The smallest absolute Gasteiger partial charge is 0.285 e. The first-order valence-corrected chi connectivity index (χ1v) is 11.0. The molecule has 1 aromatic carbocycles. The predicted molar refractivity (Wildman–Crippen MR) is 129 cm³/mol. The van der Waals surface area contributed by atoms with Crippen molar-refractivity contribution in [1.82, 2.24) is 24.7 Å². The highest BCUT2D eigenvalue weighted by Crippen LogP contribution is 2.37. The average molecular weight is 499 g/mol. The number of carbonyl (C=O) groups excluding carboxylic acids is 1. The van der Waals surface area contributed by atoms with E-state index in [1.807, 2.05) is 0 Å². The standard InChI is InChI=1S/C23H21F3N7OP/c1-13-19(23(25,26)35)7-17(10-27-13)31-21(34)6-15-4-3-14(5-20(15)24)16-8-28-22(29-9-16)32-18-11-30-33(2)12-18/h3-5,7-12H,6,35H2,1-2H3,(H,31,34)(H,28,29,32). The molecule has 180 valence electrons. The highest BCUT2D eigenvalue weighted by molar-refractivity contribution is 7.17. The number of alkyl halides is 2. The van der Waals surface area contributed by atoms with Crippen LogP contribution >= 0.6 is 9.24 Å². The van der Waals surface area contributed by atoms with Gasteiger partial charge in [-0.1, -0.05) is 21.4 Å². The molecule has 0 aliphatic heterocycles. The van der Waals surface area contributed by atoms with Crippen LogP contribution in [0.3, 0.4) is 0 Å². The molecule has 4 aromatic rings. The molecule has 1 amide bonds. The van der Waals surface area contributed by atoms with E-state index in [0.717, 1.165) is 11.8 Å². The van der Waals surface area contributed by atoms with Gasteiger partial charge in [0, 0.05) is 42.5 Å². The van der Waals surface area contributed by atoms with E-state index in [1.165, 1.54) is 34.5 Å². The first-order chi connectivity index (χ1) is 16.6. The Bertz CT molecular complexity index is 1370. The number of benzene rings is 1. The second-order valence-corrected chi connectivity index (χ2v) is 8.56. The van der Waals surface area contributed by atoms with E-state index in [1.54, 1.807) is 42.6 Å². The molecule has 4 rings (SSSR count). The van der Waals surface area contributed by atoms with Gasteiger partial charge >= 0.3 is 0 Å². The third kappa shape index (κ3) is 5.99. The van der Waals surface area contributed by atoms with Crippen molar-refractivity contribution in [3.05, 3.63) is 77.9 Å². The number of aryl methyl sites for hydroxylation is 2. The number of aromatic nitrogens is 5. The number of rotatable bonds is 7. The fourth-order valence-electron chi connectivity index (χ4n) is 3.34. The zero-order valence-electron chi connectivity index (χ0n) is 18.8. The number of hydrogen-bond acceptors (Lipinski definition) is 6.